The van der Waals surface area contributed by atoms with Gasteiger partial charge in [0.05, 0.1) is 11.2 Å². The van der Waals surface area contributed by atoms with Crippen molar-refractivity contribution in [3.8, 4) is 28.5 Å². The predicted molar refractivity (Wildman–Crippen MR) is 136 cm³/mol. The van der Waals surface area contributed by atoms with Crippen LogP contribution in [-0.4, -0.2) is 40.4 Å². The maximum atomic E-state index is 10.4. The van der Waals surface area contributed by atoms with E-state index in [1.807, 2.05) is 42.1 Å². The van der Waals surface area contributed by atoms with Gasteiger partial charge in [-0.25, -0.2) is 4.98 Å². The van der Waals surface area contributed by atoms with Gasteiger partial charge in [0.25, 0.3) is 0 Å². The molecule has 0 amide bonds. The Kier molecular flexibility index (Phi) is 4.87. The van der Waals surface area contributed by atoms with Crippen molar-refractivity contribution in [2.24, 2.45) is 12.5 Å². The standard InChI is InChI=1S/C27H25ClN6/c1-17-27(15-30-16-27)10-12-34(17)26-21(14-29)25(19-5-3-4-6-22(19)28)20-8-7-18(13-23(20)32-26)24-9-11-31-33(24)2/h3-9,11,13,17,30H,10,12,15-16H2,1-2H3. The van der Waals surface area contributed by atoms with E-state index in [0.29, 0.717) is 16.6 Å². The highest BCUT2D eigenvalue weighted by molar-refractivity contribution is 6.34. The lowest BCUT2D eigenvalue weighted by Gasteiger charge is -2.44. The molecular weight excluding hydrogens is 444 g/mol. The molecule has 34 heavy (non-hydrogen) atoms. The van der Waals surface area contributed by atoms with Crippen LogP contribution in [0.2, 0.25) is 5.02 Å². The molecule has 0 saturated carbocycles. The maximum Gasteiger partial charge on any atom is 0.148 e. The van der Waals surface area contributed by atoms with E-state index in [-0.39, 0.29) is 5.41 Å². The van der Waals surface area contributed by atoms with E-state index >= 15 is 0 Å². The maximum absolute atomic E-state index is 10.4. The molecule has 170 valence electrons. The van der Waals surface area contributed by atoms with Crippen molar-refractivity contribution < 1.29 is 0 Å². The van der Waals surface area contributed by atoms with Crippen molar-refractivity contribution in [3.05, 3.63) is 65.3 Å². The Labute approximate surface area is 203 Å². The first-order chi connectivity index (χ1) is 16.5. The van der Waals surface area contributed by atoms with Crippen molar-refractivity contribution in [1.82, 2.24) is 20.1 Å². The number of nitriles is 1. The molecule has 7 heteroatoms. The zero-order chi connectivity index (χ0) is 23.4. The van der Waals surface area contributed by atoms with Gasteiger partial charge in [0.1, 0.15) is 17.5 Å². The van der Waals surface area contributed by atoms with Gasteiger partial charge in [-0.05, 0) is 31.5 Å². The number of rotatable bonds is 3. The van der Waals surface area contributed by atoms with Gasteiger partial charge in [0, 0.05) is 71.4 Å². The van der Waals surface area contributed by atoms with Crippen LogP contribution in [0.1, 0.15) is 18.9 Å². The molecule has 6 nitrogen and oxygen atoms in total. The number of halogens is 1. The van der Waals surface area contributed by atoms with Crippen LogP contribution in [0.4, 0.5) is 5.82 Å². The first-order valence-corrected chi connectivity index (χ1v) is 12.0. The molecule has 1 unspecified atom stereocenters. The van der Waals surface area contributed by atoms with Gasteiger partial charge in [0.15, 0.2) is 0 Å². The van der Waals surface area contributed by atoms with E-state index in [1.165, 1.54) is 0 Å². The molecule has 0 bridgehead atoms. The molecule has 6 rings (SSSR count). The van der Waals surface area contributed by atoms with E-state index in [4.69, 9.17) is 16.6 Å². The smallest absolute Gasteiger partial charge is 0.148 e. The number of pyridine rings is 1. The monoisotopic (exact) mass is 468 g/mol. The summed E-state index contributed by atoms with van der Waals surface area (Å²) < 4.78 is 1.86. The van der Waals surface area contributed by atoms with Gasteiger partial charge in [-0.3, -0.25) is 4.68 Å². The van der Waals surface area contributed by atoms with Crippen LogP contribution in [-0.2, 0) is 7.05 Å². The Balaban J connectivity index is 1.63. The number of anilines is 1. The van der Waals surface area contributed by atoms with Gasteiger partial charge in [-0.15, -0.1) is 0 Å². The van der Waals surface area contributed by atoms with E-state index < -0.39 is 0 Å². The van der Waals surface area contributed by atoms with Crippen molar-refractivity contribution in [1.29, 1.82) is 5.26 Å². The van der Waals surface area contributed by atoms with E-state index in [9.17, 15) is 5.26 Å². The fourth-order valence-corrected chi connectivity index (χ4v) is 5.84. The molecule has 2 aromatic carbocycles. The second-order valence-electron chi connectivity index (χ2n) is 9.43. The summed E-state index contributed by atoms with van der Waals surface area (Å²) in [6, 6.07) is 18.8. The second-order valence-corrected chi connectivity index (χ2v) is 9.84. The Morgan fingerprint density at radius 1 is 1.18 bits per heavy atom. The van der Waals surface area contributed by atoms with Crippen LogP contribution in [0.5, 0.6) is 0 Å². The number of hydrogen-bond donors (Lipinski definition) is 1. The lowest BCUT2D eigenvalue weighted by molar-refractivity contribution is 0.159. The van der Waals surface area contributed by atoms with Crippen LogP contribution in [0, 0.1) is 16.7 Å². The summed E-state index contributed by atoms with van der Waals surface area (Å²) in [5.74, 6) is 0.753. The lowest BCUT2D eigenvalue weighted by Crippen LogP contribution is -2.58. The number of hydrogen-bond acceptors (Lipinski definition) is 5. The Morgan fingerprint density at radius 3 is 2.65 bits per heavy atom. The summed E-state index contributed by atoms with van der Waals surface area (Å²) in [6.45, 7) is 5.19. The molecule has 1 spiro atoms. The Bertz CT molecular complexity index is 1460. The molecule has 4 heterocycles. The average Bonchev–Trinajstić information content (AvgIpc) is 3.40. The first-order valence-electron chi connectivity index (χ1n) is 11.6. The lowest BCUT2D eigenvalue weighted by atomic mass is 9.75. The first kappa shape index (κ1) is 21.2. The zero-order valence-electron chi connectivity index (χ0n) is 19.2. The van der Waals surface area contributed by atoms with Crippen LogP contribution in [0.3, 0.4) is 0 Å². The molecule has 0 radical (unpaired) electrons. The summed E-state index contributed by atoms with van der Waals surface area (Å²) in [4.78, 5) is 7.46. The summed E-state index contributed by atoms with van der Waals surface area (Å²) in [7, 11) is 1.93. The third kappa shape index (κ3) is 3.04. The minimum Gasteiger partial charge on any atom is -0.352 e. The number of benzene rings is 2. The summed E-state index contributed by atoms with van der Waals surface area (Å²) in [5.41, 5.74) is 5.45. The van der Waals surface area contributed by atoms with Crippen molar-refractivity contribution in [2.75, 3.05) is 24.5 Å². The van der Waals surface area contributed by atoms with E-state index in [0.717, 1.165) is 65.2 Å². The molecule has 2 aromatic heterocycles. The molecule has 1 atom stereocenters. The Morgan fingerprint density at radius 2 is 2.00 bits per heavy atom. The molecule has 2 fully saturated rings. The largest absolute Gasteiger partial charge is 0.352 e. The molecule has 2 aliphatic heterocycles. The van der Waals surface area contributed by atoms with Crippen LogP contribution in [0.25, 0.3) is 33.3 Å². The summed E-state index contributed by atoms with van der Waals surface area (Å²) >= 11 is 6.68. The third-order valence-corrected chi connectivity index (χ3v) is 8.10. The van der Waals surface area contributed by atoms with Crippen LogP contribution in [0.15, 0.2) is 54.7 Å². The highest BCUT2D eigenvalue weighted by Gasteiger charge is 2.49. The van der Waals surface area contributed by atoms with Gasteiger partial charge in [-0.1, -0.05) is 41.9 Å². The second kappa shape index (κ2) is 7.83. The molecular formula is C27H25ClN6. The fourth-order valence-electron chi connectivity index (χ4n) is 5.61. The number of nitrogens with one attached hydrogen (secondary N) is 1. The number of fused-ring (bicyclic) bond motifs is 1. The third-order valence-electron chi connectivity index (χ3n) is 7.77. The highest BCUT2D eigenvalue weighted by Crippen LogP contribution is 2.46. The van der Waals surface area contributed by atoms with Crippen molar-refractivity contribution in [2.45, 2.75) is 19.4 Å². The summed E-state index contributed by atoms with van der Waals surface area (Å²) in [5, 5.41) is 19.7. The van der Waals surface area contributed by atoms with Gasteiger partial charge in [0.2, 0.25) is 0 Å². The van der Waals surface area contributed by atoms with Crippen LogP contribution < -0.4 is 10.2 Å². The number of aromatic nitrogens is 3. The van der Waals surface area contributed by atoms with Crippen LogP contribution >= 0.6 is 11.6 Å². The van der Waals surface area contributed by atoms with Gasteiger partial charge < -0.3 is 10.2 Å². The topological polar surface area (TPSA) is 69.8 Å². The van der Waals surface area contributed by atoms with E-state index in [2.05, 4.69) is 46.5 Å². The SMILES string of the molecule is CC1N(c2nc3cc(-c4ccnn4C)ccc3c(-c3ccccc3Cl)c2C#N)CCC12CNC2. The molecule has 0 aliphatic carbocycles. The normalized spacial score (nSPS) is 18.9. The van der Waals surface area contributed by atoms with Crippen molar-refractivity contribution in [3.63, 3.8) is 0 Å². The van der Waals surface area contributed by atoms with Gasteiger partial charge >= 0.3 is 0 Å². The fraction of sp³-hybridized carbons (Fsp3) is 0.296. The minimum absolute atomic E-state index is 0.254. The Hall–Kier alpha value is -3.40. The summed E-state index contributed by atoms with van der Waals surface area (Å²) in [6.07, 6.45) is 2.90. The molecule has 1 N–H and O–H groups in total. The molecule has 2 saturated heterocycles. The van der Waals surface area contributed by atoms with Crippen molar-refractivity contribution >= 4 is 28.3 Å². The predicted octanol–water partition coefficient (Wildman–Crippen LogP) is 5.02. The number of aryl methyl sites for hydroxylation is 1. The van der Waals surface area contributed by atoms with E-state index in [1.54, 1.807) is 6.20 Å². The molecule has 4 aromatic rings. The average molecular weight is 469 g/mol. The molecule has 2 aliphatic rings. The number of nitrogens with zero attached hydrogens (tertiary/aromatic N) is 5. The highest BCUT2D eigenvalue weighted by atomic mass is 35.5. The quantitative estimate of drug-likeness (QED) is 0.457. The van der Waals surface area contributed by atoms with Gasteiger partial charge in [-0.2, -0.15) is 10.4 Å². The zero-order valence-corrected chi connectivity index (χ0v) is 20.0. The minimum atomic E-state index is 0.254.